The van der Waals surface area contributed by atoms with Gasteiger partial charge in [-0.3, -0.25) is 19.2 Å². The highest BCUT2D eigenvalue weighted by atomic mass is 32.1. The van der Waals surface area contributed by atoms with Gasteiger partial charge in [0.05, 0.1) is 0 Å². The van der Waals surface area contributed by atoms with Crippen LogP contribution in [0.15, 0.2) is 12.1 Å². The van der Waals surface area contributed by atoms with Gasteiger partial charge in [-0.1, -0.05) is 12.1 Å². The highest BCUT2D eigenvalue weighted by molar-refractivity contribution is 7.83. The second kappa shape index (κ2) is 8.21. The van der Waals surface area contributed by atoms with Crippen LogP contribution < -0.4 is 0 Å². The number of thiol groups is 4. The molecule has 0 bridgehead atoms. The lowest BCUT2D eigenvalue weighted by atomic mass is 9.78. The monoisotopic (exact) mass is 494 g/mol. The van der Waals surface area contributed by atoms with Gasteiger partial charge in [0.15, 0.2) is 0 Å². The predicted molar refractivity (Wildman–Crippen MR) is 122 cm³/mol. The molecule has 0 fully saturated rings. The number of hydrogen-bond donors (Lipinski definition) is 8. The van der Waals surface area contributed by atoms with Crippen LogP contribution in [0.1, 0.15) is 49.9 Å². The zero-order chi connectivity index (χ0) is 24.0. The van der Waals surface area contributed by atoms with Crippen molar-refractivity contribution in [3.8, 4) is 0 Å². The van der Waals surface area contributed by atoms with Gasteiger partial charge in [0.25, 0.3) is 0 Å². The number of aliphatic carboxylic acids is 4. The van der Waals surface area contributed by atoms with Crippen molar-refractivity contribution in [3.05, 3.63) is 34.4 Å². The van der Waals surface area contributed by atoms with Crippen LogP contribution in [-0.2, 0) is 38.2 Å². The van der Waals surface area contributed by atoms with Gasteiger partial charge >= 0.3 is 23.9 Å². The van der Waals surface area contributed by atoms with E-state index in [2.05, 4.69) is 50.5 Å². The molecule has 30 heavy (non-hydrogen) atoms. The molecule has 4 unspecified atom stereocenters. The minimum atomic E-state index is -1.97. The van der Waals surface area contributed by atoms with E-state index in [0.29, 0.717) is 0 Å². The molecule has 0 amide bonds. The van der Waals surface area contributed by atoms with Crippen LogP contribution in [0.5, 0.6) is 0 Å². The summed E-state index contributed by atoms with van der Waals surface area (Å²) in [6.45, 7) is 4.72. The summed E-state index contributed by atoms with van der Waals surface area (Å²) in [6.07, 6.45) is 0. The van der Waals surface area contributed by atoms with Crippen LogP contribution in [0.3, 0.4) is 0 Å². The molecule has 1 rings (SSSR count). The van der Waals surface area contributed by atoms with Crippen molar-refractivity contribution in [1.82, 2.24) is 0 Å². The van der Waals surface area contributed by atoms with Gasteiger partial charge in [0, 0.05) is 0 Å². The lowest BCUT2D eigenvalue weighted by Crippen LogP contribution is -2.38. The van der Waals surface area contributed by atoms with E-state index < -0.39 is 42.9 Å². The molecule has 0 saturated carbocycles. The molecule has 0 aliphatic rings. The average molecular weight is 495 g/mol. The number of hydrogen-bond acceptors (Lipinski definition) is 8. The van der Waals surface area contributed by atoms with E-state index in [1.807, 2.05) is 0 Å². The van der Waals surface area contributed by atoms with E-state index in [9.17, 15) is 39.6 Å². The number of carbonyl (C=O) groups is 4. The Kier molecular flexibility index (Phi) is 7.26. The van der Waals surface area contributed by atoms with E-state index in [4.69, 9.17) is 0 Å². The Morgan fingerprint density at radius 1 is 0.533 bits per heavy atom. The third-order valence-electron chi connectivity index (χ3n) is 4.92. The molecule has 8 nitrogen and oxygen atoms in total. The Labute approximate surface area is 194 Å². The maximum absolute atomic E-state index is 11.9. The van der Waals surface area contributed by atoms with Crippen LogP contribution in [-0.4, -0.2) is 44.3 Å². The van der Waals surface area contributed by atoms with Crippen LogP contribution in [0.25, 0.3) is 0 Å². The molecule has 0 aliphatic carbocycles. The van der Waals surface area contributed by atoms with Crippen molar-refractivity contribution in [2.45, 2.75) is 46.7 Å². The standard InChI is InChI=1S/C18H22O8S4/c1-15(27,11(19)20)7-5-9(17(3,29)13(23)24)10(18(4,30)14(25)26)6-8(7)16(2,28)12(21)22/h5-6,27-30H,1-4H3,(H,19,20)(H,21,22)(H,23,24)(H,25,26). The summed E-state index contributed by atoms with van der Waals surface area (Å²) in [4.78, 5) is 47.4. The fourth-order valence-electron chi connectivity index (χ4n) is 2.67. The zero-order valence-electron chi connectivity index (χ0n) is 16.4. The molecule has 166 valence electrons. The fourth-order valence-corrected chi connectivity index (χ4v) is 3.41. The number of carboxylic acid groups (broad SMARTS) is 4. The Hall–Kier alpha value is -1.50. The second-order valence-corrected chi connectivity index (χ2v) is 11.0. The Morgan fingerprint density at radius 2 is 0.667 bits per heavy atom. The number of carboxylic acids is 4. The molecule has 4 atom stereocenters. The molecule has 0 spiro atoms. The van der Waals surface area contributed by atoms with E-state index in [1.54, 1.807) is 0 Å². The van der Waals surface area contributed by atoms with Crippen LogP contribution >= 0.6 is 50.5 Å². The summed E-state index contributed by atoms with van der Waals surface area (Å²) in [7, 11) is 0. The van der Waals surface area contributed by atoms with Crippen molar-refractivity contribution >= 4 is 74.4 Å². The maximum Gasteiger partial charge on any atom is 0.323 e. The van der Waals surface area contributed by atoms with E-state index in [1.165, 1.54) is 27.7 Å². The molecule has 12 heteroatoms. The van der Waals surface area contributed by atoms with E-state index in [-0.39, 0.29) is 22.3 Å². The van der Waals surface area contributed by atoms with E-state index in [0.717, 1.165) is 12.1 Å². The fraction of sp³-hybridized carbons (Fsp3) is 0.444. The Bertz CT molecular complexity index is 788. The normalized spacial score (nSPS) is 19.5. The summed E-state index contributed by atoms with van der Waals surface area (Å²) in [5.74, 6) is -5.77. The average Bonchev–Trinajstić information content (AvgIpc) is 2.59. The van der Waals surface area contributed by atoms with Crippen molar-refractivity contribution in [3.63, 3.8) is 0 Å². The number of rotatable bonds is 8. The van der Waals surface area contributed by atoms with Gasteiger partial charge in [-0.05, 0) is 49.9 Å². The quantitative estimate of drug-likeness (QED) is 0.257. The molecule has 4 N–H and O–H groups in total. The lowest BCUT2D eigenvalue weighted by Gasteiger charge is -2.35. The molecule has 1 aromatic carbocycles. The van der Waals surface area contributed by atoms with Gasteiger partial charge in [-0.15, -0.1) is 0 Å². The molecule has 0 saturated heterocycles. The van der Waals surface area contributed by atoms with Crippen LogP contribution in [0.2, 0.25) is 0 Å². The van der Waals surface area contributed by atoms with Gasteiger partial charge in [0.1, 0.15) is 19.0 Å². The SMILES string of the molecule is CC(S)(C(=O)O)c1cc(C(C)(S)C(=O)O)c(C(C)(S)C(=O)O)cc1C(C)(S)C(=O)O. The van der Waals surface area contributed by atoms with Gasteiger partial charge in [-0.2, -0.15) is 50.5 Å². The van der Waals surface area contributed by atoms with Crippen molar-refractivity contribution < 1.29 is 39.6 Å². The smallest absolute Gasteiger partial charge is 0.323 e. The van der Waals surface area contributed by atoms with E-state index >= 15 is 0 Å². The third-order valence-corrected chi connectivity index (χ3v) is 6.65. The van der Waals surface area contributed by atoms with Crippen LogP contribution in [0.4, 0.5) is 0 Å². The minimum Gasteiger partial charge on any atom is -0.480 e. The summed E-state index contributed by atoms with van der Waals surface area (Å²) in [5.41, 5.74) is -0.692. The predicted octanol–water partition coefficient (Wildman–Crippen LogP) is 2.60. The first kappa shape index (κ1) is 26.5. The number of benzene rings is 1. The molecular formula is C18H22O8S4. The van der Waals surface area contributed by atoms with Gasteiger partial charge in [0.2, 0.25) is 0 Å². The Balaban J connectivity index is 4.34. The highest BCUT2D eigenvalue weighted by Gasteiger charge is 2.47. The van der Waals surface area contributed by atoms with Crippen molar-refractivity contribution in [2.75, 3.05) is 0 Å². The molecule has 0 radical (unpaired) electrons. The zero-order valence-corrected chi connectivity index (χ0v) is 19.9. The lowest BCUT2D eigenvalue weighted by molar-refractivity contribution is -0.141. The third kappa shape index (κ3) is 4.41. The highest BCUT2D eigenvalue weighted by Crippen LogP contribution is 2.47. The van der Waals surface area contributed by atoms with Crippen LogP contribution in [0, 0.1) is 0 Å². The topological polar surface area (TPSA) is 149 Å². The summed E-state index contributed by atoms with van der Waals surface area (Å²) in [5, 5.41) is 38.6. The first-order chi connectivity index (χ1) is 13.2. The summed E-state index contributed by atoms with van der Waals surface area (Å²) >= 11 is 16.6. The molecule has 0 aromatic heterocycles. The largest absolute Gasteiger partial charge is 0.480 e. The minimum absolute atomic E-state index is 0.173. The first-order valence-corrected chi connectivity index (χ1v) is 10.0. The van der Waals surface area contributed by atoms with Gasteiger partial charge < -0.3 is 20.4 Å². The molecule has 1 aromatic rings. The van der Waals surface area contributed by atoms with Crippen molar-refractivity contribution in [1.29, 1.82) is 0 Å². The first-order valence-electron chi connectivity index (χ1n) is 8.26. The molecule has 0 heterocycles. The second-order valence-electron chi connectivity index (χ2n) is 7.45. The summed E-state index contributed by atoms with van der Waals surface area (Å²) in [6, 6.07) is 2.20. The van der Waals surface area contributed by atoms with Crippen molar-refractivity contribution in [2.24, 2.45) is 0 Å². The summed E-state index contributed by atoms with van der Waals surface area (Å²) < 4.78 is -7.89. The van der Waals surface area contributed by atoms with Gasteiger partial charge in [-0.25, -0.2) is 0 Å². The Morgan fingerprint density at radius 3 is 0.767 bits per heavy atom. The maximum atomic E-state index is 11.9. The molecular weight excluding hydrogens is 472 g/mol. The molecule has 0 aliphatic heterocycles.